The zero-order chi connectivity index (χ0) is 72.2. The fraction of sp³-hybridized carbons (Fsp3) is 0.277. The number of nitrogens with two attached hydrogens (primary N) is 5. The number of aryl methyl sites for hydroxylation is 1. The van der Waals surface area contributed by atoms with Gasteiger partial charge in [-0.25, -0.2) is 36.4 Å². The lowest BCUT2D eigenvalue weighted by Crippen LogP contribution is -2.66. The van der Waals surface area contributed by atoms with E-state index >= 15 is 0 Å². The highest BCUT2D eigenvalue weighted by Crippen LogP contribution is 2.56. The van der Waals surface area contributed by atoms with Crippen LogP contribution in [0.3, 0.4) is 0 Å². The largest absolute Gasteiger partial charge is 0.508 e. The molecule has 4 aromatic carbocycles. The van der Waals surface area contributed by atoms with E-state index in [0.29, 0.717) is 60.1 Å². The zero-order valence-electron chi connectivity index (χ0n) is 53.3. The number of anilines is 5. The maximum atomic E-state index is 14.8. The van der Waals surface area contributed by atoms with Crippen molar-refractivity contribution in [1.82, 2.24) is 29.6 Å². The summed E-state index contributed by atoms with van der Waals surface area (Å²) < 4.78 is 90.5. The molecule has 1 unspecified atom stereocenters. The van der Waals surface area contributed by atoms with Crippen molar-refractivity contribution in [3.63, 3.8) is 0 Å². The maximum Gasteiger partial charge on any atom is 0.341 e. The Labute approximate surface area is 560 Å². The number of aromatic nitrogens is 5. The topological polar surface area (TPSA) is 487 Å². The van der Waals surface area contributed by atoms with Crippen molar-refractivity contribution in [1.29, 1.82) is 0 Å². The number of aliphatic hydroxyl groups excluding tert-OH is 3. The number of Topliss-reactive ketones (excluding diaryl/α,β-unsaturated/α-hetero) is 2. The predicted octanol–water partition coefficient (Wildman–Crippen LogP) is 3.97. The number of primary amides is 1. The van der Waals surface area contributed by atoms with Gasteiger partial charge in [-0.1, -0.05) is 17.3 Å². The van der Waals surface area contributed by atoms with Gasteiger partial charge in [-0.15, -0.1) is 0 Å². The van der Waals surface area contributed by atoms with Crippen molar-refractivity contribution in [3.05, 3.63) is 175 Å². The van der Waals surface area contributed by atoms with Crippen LogP contribution in [0, 0.1) is 48.0 Å². The van der Waals surface area contributed by atoms with Crippen molar-refractivity contribution in [2.24, 2.45) is 35.1 Å². The second-order valence-electron chi connectivity index (χ2n) is 23.8. The molecule has 4 aromatic heterocycles. The van der Waals surface area contributed by atoms with Gasteiger partial charge in [0.1, 0.15) is 51.6 Å². The Balaban J connectivity index is 0.000000147. The SMILES string of the molecule is CN(C)[C@@H]1C(=O)C(C(N)=O)=C(O)[C@@]2(O)C(=O)C3=C(O)c4c(O)cccc4[C@@H](O)[C@H]3C[C@@H]12.COc1cc(Cc2cnc(N)nc2N)cc(OC)c1OC.Cc1cc(NS(=O)(=O)c2ccc(N)cc2)no1.NC1[C@H]2CN(c3nc4c(cc3F)c(=O)c(C(=O)O)cn4-c3ccc(F)cc3F)C[C@@H]12. The van der Waals surface area contributed by atoms with E-state index in [0.717, 1.165) is 40.1 Å². The number of benzene rings is 4. The zero-order valence-corrected chi connectivity index (χ0v) is 54.2. The number of nitrogens with one attached hydrogen (secondary N) is 1. The molecule has 5 aliphatic rings. The normalized spacial score (nSPS) is 21.1. The molecular weight excluding hydrogens is 1320 g/mol. The van der Waals surface area contributed by atoms with E-state index in [-0.39, 0.29) is 80.4 Å². The molecule has 0 radical (unpaired) electrons. The number of nitrogens with zero attached hydrogens (tertiary/aromatic N) is 7. The molecule has 2 saturated carbocycles. The molecule has 0 bridgehead atoms. The van der Waals surface area contributed by atoms with Crippen LogP contribution in [0.25, 0.3) is 22.5 Å². The molecule has 1 aliphatic heterocycles. The van der Waals surface area contributed by atoms with Crippen LogP contribution in [0.5, 0.6) is 23.0 Å². The number of amides is 1. The number of carboxylic acid groups (broad SMARTS) is 1. The molecule has 3 fully saturated rings. The number of hydrogen-bond acceptors (Lipinski definition) is 26. The number of ether oxygens (including phenoxy) is 3. The Bertz CT molecular complexity index is 4800. The quantitative estimate of drug-likeness (QED) is 0.0574. The number of methoxy groups -OCH3 is 3. The number of aromatic hydroxyl groups is 1. The molecule has 1 saturated heterocycles. The minimum Gasteiger partial charge on any atom is -0.508 e. The number of ketones is 2. The molecule has 30 nitrogen and oxygen atoms in total. The first-order valence-electron chi connectivity index (χ1n) is 29.8. The highest BCUT2D eigenvalue weighted by Gasteiger charge is 2.65. The van der Waals surface area contributed by atoms with Crippen LogP contribution in [-0.4, -0.2) is 158 Å². The highest BCUT2D eigenvalue weighted by molar-refractivity contribution is 7.92. The Morgan fingerprint density at radius 1 is 0.879 bits per heavy atom. The van der Waals surface area contributed by atoms with Crippen LogP contribution in [-0.2, 0) is 30.8 Å². The van der Waals surface area contributed by atoms with E-state index in [4.69, 9.17) is 47.4 Å². The number of nitrogen functional groups attached to an aromatic ring is 3. The molecular formula is C65H66F3N13O17S. The van der Waals surface area contributed by atoms with Crippen molar-refractivity contribution in [3.8, 4) is 28.7 Å². The van der Waals surface area contributed by atoms with Crippen LogP contribution >= 0.6 is 0 Å². The minimum atomic E-state index is -3.64. The summed E-state index contributed by atoms with van der Waals surface area (Å²) in [5, 5.41) is 66.7. The van der Waals surface area contributed by atoms with Crippen LogP contribution in [0.15, 0.2) is 128 Å². The Morgan fingerprint density at radius 3 is 2.10 bits per heavy atom. The molecule has 99 heavy (non-hydrogen) atoms. The fourth-order valence-electron chi connectivity index (χ4n) is 12.7. The molecule has 520 valence electrons. The van der Waals surface area contributed by atoms with Gasteiger partial charge in [0.25, 0.3) is 15.9 Å². The van der Waals surface area contributed by atoms with Gasteiger partial charge in [0, 0.05) is 78.7 Å². The van der Waals surface area contributed by atoms with Gasteiger partial charge in [-0.05, 0) is 111 Å². The van der Waals surface area contributed by atoms with Crippen LogP contribution in [0.2, 0.25) is 0 Å². The average molecular weight is 1390 g/mol. The third-order valence-electron chi connectivity index (χ3n) is 17.5. The summed E-state index contributed by atoms with van der Waals surface area (Å²) in [5.41, 5.74) is 24.2. The van der Waals surface area contributed by atoms with Gasteiger partial charge < -0.3 is 82.9 Å². The molecule has 17 N–H and O–H groups in total. The van der Waals surface area contributed by atoms with E-state index in [9.17, 15) is 76.2 Å². The Kier molecular flexibility index (Phi) is 19.4. The Morgan fingerprint density at radius 2 is 1.54 bits per heavy atom. The van der Waals surface area contributed by atoms with E-state index in [2.05, 4.69) is 24.8 Å². The second kappa shape index (κ2) is 27.3. The number of phenols is 1. The smallest absolute Gasteiger partial charge is 0.341 e. The fourth-order valence-corrected chi connectivity index (χ4v) is 13.7. The van der Waals surface area contributed by atoms with Gasteiger partial charge in [0.2, 0.25) is 22.9 Å². The minimum absolute atomic E-state index is 0.0272. The summed E-state index contributed by atoms with van der Waals surface area (Å²) in [7, 11) is 4.06. The summed E-state index contributed by atoms with van der Waals surface area (Å²) >= 11 is 0. The number of aromatic carboxylic acids is 1. The number of rotatable bonds is 13. The number of piperidine rings is 1. The van der Waals surface area contributed by atoms with Crippen LogP contribution in [0.4, 0.5) is 42.3 Å². The summed E-state index contributed by atoms with van der Waals surface area (Å²) in [6.07, 6.45) is 1.55. The molecule has 8 aromatic rings. The van der Waals surface area contributed by atoms with Gasteiger partial charge in [0.15, 0.2) is 46.0 Å². The number of hydrogen-bond donors (Lipinski definition) is 12. The van der Waals surface area contributed by atoms with Gasteiger partial charge >= 0.3 is 5.97 Å². The predicted molar refractivity (Wildman–Crippen MR) is 350 cm³/mol. The van der Waals surface area contributed by atoms with Crippen molar-refractivity contribution < 1.29 is 90.1 Å². The summed E-state index contributed by atoms with van der Waals surface area (Å²) in [6, 6.07) is 17.8. The number of carbonyl (C=O) groups excluding carboxylic acids is 3. The number of pyridine rings is 2. The van der Waals surface area contributed by atoms with E-state index in [1.54, 1.807) is 39.3 Å². The van der Waals surface area contributed by atoms with Crippen molar-refractivity contribution in [2.75, 3.05) is 75.3 Å². The molecule has 13 rings (SSSR count). The molecule has 8 atom stereocenters. The molecule has 1 amide bonds. The van der Waals surface area contributed by atoms with E-state index < -0.39 is 114 Å². The number of halogens is 3. The van der Waals surface area contributed by atoms with Crippen molar-refractivity contribution >= 4 is 79.3 Å². The van der Waals surface area contributed by atoms with E-state index in [1.165, 1.54) is 67.5 Å². The average Bonchev–Trinajstić information content (AvgIpc) is 1.34. The lowest BCUT2D eigenvalue weighted by atomic mass is 9.57. The lowest BCUT2D eigenvalue weighted by Gasteiger charge is -2.51. The first-order valence-corrected chi connectivity index (χ1v) is 31.3. The lowest BCUT2D eigenvalue weighted by molar-refractivity contribution is -0.155. The van der Waals surface area contributed by atoms with E-state index in [1.807, 2.05) is 12.1 Å². The van der Waals surface area contributed by atoms with Crippen molar-refractivity contribution in [2.45, 2.75) is 48.4 Å². The molecule has 34 heteroatoms. The Hall–Kier alpha value is -11.3. The van der Waals surface area contributed by atoms with Gasteiger partial charge in [0.05, 0.1) is 55.0 Å². The van der Waals surface area contributed by atoms with Gasteiger partial charge in [-0.3, -0.25) is 33.4 Å². The molecule has 5 heterocycles. The van der Waals surface area contributed by atoms with Crippen LogP contribution in [0.1, 0.15) is 50.9 Å². The number of carboxylic acids is 1. The number of aliphatic hydroxyl groups is 4. The monoisotopic (exact) mass is 1390 g/mol. The third-order valence-corrected chi connectivity index (χ3v) is 18.9. The standard InChI is InChI=1S/C21H22N2O8.C20H15F3N4O3.C14H18N4O3.C10H11N3O3S/c1-23(2)14-9-6-8-12(16(26)11-7(15(8)25)4-3-5-10(11)24)18(28)21(9,31)19(29)13(17(14)27)20(22)30;21-8-1-2-15(13(22)3-8)27-7-12(20(29)30)17(28)9-4-14(23)19(25-18(9)27)26-5-10-11(6-26)16(10)24;1-19-10-5-8(6-11(20-2)12(10)21-3)4-9-7-17-14(16)18-13(9)15;1-7-6-10(12-16-7)13-17(14,15)9-4-2-8(11)3-5-9/h3-5,8-9,14-15,24-26,29,31H,6H2,1-2H3,(H2,22,30);1-4,7,10-11,16H,5-6,24H2,(H,29,30);5-7H,4H2,1-3H3,(H4,15,16,17,18);2-6H,11H2,1H3,(H,12,13)/t8-,9-,14-,15+,21-;10-,11+,16?;;/m0.../s1. The first-order chi connectivity index (χ1) is 46.8. The number of sulfonamides is 1. The summed E-state index contributed by atoms with van der Waals surface area (Å²) in [6.45, 7) is 2.68. The van der Waals surface area contributed by atoms with Gasteiger partial charge in [-0.2, -0.15) is 4.98 Å². The number of phenolic OH excluding ortho intramolecular Hbond substituents is 1. The summed E-state index contributed by atoms with van der Waals surface area (Å²) in [4.78, 5) is 77.8. The van der Waals surface area contributed by atoms with Crippen LogP contribution < -0.4 is 57.9 Å². The third kappa shape index (κ3) is 13.2. The summed E-state index contributed by atoms with van der Waals surface area (Å²) in [5.74, 6) is -8.58. The number of fused-ring (bicyclic) bond motifs is 5. The molecule has 4 aliphatic carbocycles. The first kappa shape index (κ1) is 70.5. The number of likely N-dealkylation sites (N-methyl/N-ethyl adjacent to an activating group) is 1. The highest BCUT2D eigenvalue weighted by atomic mass is 32.2. The molecule has 0 spiro atoms. The second-order valence-corrected chi connectivity index (χ2v) is 25.5. The maximum absolute atomic E-state index is 14.8. The number of carbonyl (C=O) groups is 4.